The van der Waals surface area contributed by atoms with Crippen LogP contribution in [0, 0.1) is 0 Å². The summed E-state index contributed by atoms with van der Waals surface area (Å²) in [6, 6.07) is 15.2. The number of hydrogen-bond donors (Lipinski definition) is 1. The molecule has 0 bridgehead atoms. The van der Waals surface area contributed by atoms with Gasteiger partial charge in [0.1, 0.15) is 16.9 Å². The number of fused-ring (bicyclic) bond motifs is 1. The Balaban J connectivity index is 2.00. The Morgan fingerprint density at radius 1 is 1.09 bits per heavy atom. The lowest BCUT2D eigenvalue weighted by Gasteiger charge is -2.05. The number of esters is 1. The van der Waals surface area contributed by atoms with E-state index < -0.39 is 11.6 Å². The zero-order valence-electron chi connectivity index (χ0n) is 11.6. The second-order valence-electron chi connectivity index (χ2n) is 4.73. The Morgan fingerprint density at radius 2 is 1.86 bits per heavy atom. The van der Waals surface area contributed by atoms with Crippen LogP contribution in [0.2, 0.25) is 0 Å². The van der Waals surface area contributed by atoms with Gasteiger partial charge in [-0.2, -0.15) is 0 Å². The maximum Gasteiger partial charge on any atom is 0.351 e. The third kappa shape index (κ3) is 2.75. The summed E-state index contributed by atoms with van der Waals surface area (Å²) in [5.74, 6) is -0.386. The standard InChI is InChI=1S/C17H13NO4/c18-10-11-6-7-15-12(8-11)9-14(17(20)22-15)16(19)21-13-4-2-1-3-5-13/h1-9H,10,18H2. The van der Waals surface area contributed by atoms with Crippen LogP contribution < -0.4 is 16.1 Å². The van der Waals surface area contributed by atoms with Crippen molar-refractivity contribution in [3.8, 4) is 5.75 Å². The van der Waals surface area contributed by atoms with Crippen molar-refractivity contribution in [2.45, 2.75) is 6.54 Å². The van der Waals surface area contributed by atoms with Crippen LogP contribution in [0.15, 0.2) is 63.8 Å². The second-order valence-corrected chi connectivity index (χ2v) is 4.73. The van der Waals surface area contributed by atoms with Gasteiger partial charge in [-0.1, -0.05) is 24.3 Å². The SMILES string of the molecule is NCc1ccc2oc(=O)c(C(=O)Oc3ccccc3)cc2c1. The fourth-order valence-electron chi connectivity index (χ4n) is 2.09. The molecular formula is C17H13NO4. The zero-order chi connectivity index (χ0) is 15.5. The number of para-hydroxylation sites is 1. The summed E-state index contributed by atoms with van der Waals surface area (Å²) in [6.45, 7) is 0.360. The summed E-state index contributed by atoms with van der Waals surface area (Å²) in [6.07, 6.45) is 0. The zero-order valence-corrected chi connectivity index (χ0v) is 11.6. The minimum absolute atomic E-state index is 0.148. The molecule has 22 heavy (non-hydrogen) atoms. The molecule has 0 spiro atoms. The van der Waals surface area contributed by atoms with Crippen molar-refractivity contribution in [1.82, 2.24) is 0 Å². The fourth-order valence-corrected chi connectivity index (χ4v) is 2.09. The summed E-state index contributed by atoms with van der Waals surface area (Å²) >= 11 is 0. The lowest BCUT2D eigenvalue weighted by Crippen LogP contribution is -2.18. The molecule has 5 nitrogen and oxygen atoms in total. The molecule has 3 rings (SSSR count). The fraction of sp³-hybridized carbons (Fsp3) is 0.0588. The average molecular weight is 295 g/mol. The Kier molecular flexibility index (Phi) is 3.72. The van der Waals surface area contributed by atoms with E-state index >= 15 is 0 Å². The summed E-state index contributed by atoms with van der Waals surface area (Å²) in [7, 11) is 0. The number of hydrogen-bond acceptors (Lipinski definition) is 5. The van der Waals surface area contributed by atoms with Crippen LogP contribution in [0.1, 0.15) is 15.9 Å². The van der Waals surface area contributed by atoms with Gasteiger partial charge in [-0.25, -0.2) is 9.59 Å². The van der Waals surface area contributed by atoms with Gasteiger partial charge in [0.05, 0.1) is 0 Å². The highest BCUT2D eigenvalue weighted by atomic mass is 16.5. The molecule has 2 aromatic carbocycles. The van der Waals surface area contributed by atoms with E-state index in [2.05, 4.69) is 0 Å². The van der Waals surface area contributed by atoms with Gasteiger partial charge in [0.2, 0.25) is 0 Å². The predicted octanol–water partition coefficient (Wildman–Crippen LogP) is 2.47. The molecule has 0 saturated heterocycles. The van der Waals surface area contributed by atoms with Gasteiger partial charge in [0.15, 0.2) is 0 Å². The molecule has 5 heteroatoms. The van der Waals surface area contributed by atoms with Gasteiger partial charge in [0.25, 0.3) is 0 Å². The van der Waals surface area contributed by atoms with E-state index in [-0.39, 0.29) is 5.56 Å². The number of carbonyl (C=O) groups excluding carboxylic acids is 1. The van der Waals surface area contributed by atoms with Crippen LogP contribution >= 0.6 is 0 Å². The van der Waals surface area contributed by atoms with Gasteiger partial charge in [-0.15, -0.1) is 0 Å². The third-order valence-corrected chi connectivity index (χ3v) is 3.21. The van der Waals surface area contributed by atoms with Crippen molar-refractivity contribution in [3.63, 3.8) is 0 Å². The van der Waals surface area contributed by atoms with Crippen molar-refractivity contribution in [3.05, 3.63) is 76.1 Å². The van der Waals surface area contributed by atoms with E-state index in [0.717, 1.165) is 5.56 Å². The first kappa shape index (κ1) is 14.0. The highest BCUT2D eigenvalue weighted by molar-refractivity contribution is 5.94. The van der Waals surface area contributed by atoms with Gasteiger partial charge >= 0.3 is 11.6 Å². The van der Waals surface area contributed by atoms with Crippen LogP contribution in [0.3, 0.4) is 0 Å². The van der Waals surface area contributed by atoms with Crippen LogP contribution in [-0.2, 0) is 6.54 Å². The van der Waals surface area contributed by atoms with Crippen molar-refractivity contribution < 1.29 is 13.9 Å². The molecule has 0 radical (unpaired) electrons. The molecule has 1 aromatic heterocycles. The quantitative estimate of drug-likeness (QED) is 0.456. The van der Waals surface area contributed by atoms with Crippen LogP contribution in [-0.4, -0.2) is 5.97 Å². The van der Waals surface area contributed by atoms with E-state index in [1.807, 2.05) is 0 Å². The van der Waals surface area contributed by atoms with E-state index in [4.69, 9.17) is 14.9 Å². The Labute approximate surface area is 125 Å². The Hall–Kier alpha value is -2.92. The Bertz CT molecular complexity index is 884. The van der Waals surface area contributed by atoms with Crippen molar-refractivity contribution >= 4 is 16.9 Å². The molecule has 0 saturated carbocycles. The summed E-state index contributed by atoms with van der Waals surface area (Å²) in [5.41, 5.74) is 5.99. The summed E-state index contributed by atoms with van der Waals surface area (Å²) in [5, 5.41) is 0.627. The first-order valence-corrected chi connectivity index (χ1v) is 6.71. The molecule has 1 heterocycles. The minimum Gasteiger partial charge on any atom is -0.423 e. The van der Waals surface area contributed by atoms with Gasteiger partial charge < -0.3 is 14.9 Å². The summed E-state index contributed by atoms with van der Waals surface area (Å²) in [4.78, 5) is 24.1. The van der Waals surface area contributed by atoms with Crippen LogP contribution in [0.25, 0.3) is 11.0 Å². The molecule has 0 unspecified atom stereocenters. The second kappa shape index (κ2) is 5.83. The van der Waals surface area contributed by atoms with Crippen molar-refractivity contribution in [1.29, 1.82) is 0 Å². The normalized spacial score (nSPS) is 10.6. The van der Waals surface area contributed by atoms with E-state index in [9.17, 15) is 9.59 Å². The highest BCUT2D eigenvalue weighted by Gasteiger charge is 2.16. The van der Waals surface area contributed by atoms with Gasteiger partial charge in [0, 0.05) is 11.9 Å². The predicted molar refractivity (Wildman–Crippen MR) is 81.8 cm³/mol. The van der Waals surface area contributed by atoms with E-state index in [1.54, 1.807) is 48.5 Å². The molecular weight excluding hydrogens is 282 g/mol. The number of nitrogens with two attached hydrogens (primary N) is 1. The molecule has 3 aromatic rings. The first-order valence-electron chi connectivity index (χ1n) is 6.71. The average Bonchev–Trinajstić information content (AvgIpc) is 2.54. The molecule has 0 aliphatic rings. The number of ether oxygens (including phenoxy) is 1. The topological polar surface area (TPSA) is 82.5 Å². The van der Waals surface area contributed by atoms with Crippen molar-refractivity contribution in [2.24, 2.45) is 5.73 Å². The molecule has 0 atom stereocenters. The number of rotatable bonds is 3. The number of carbonyl (C=O) groups is 1. The third-order valence-electron chi connectivity index (χ3n) is 3.21. The first-order chi connectivity index (χ1) is 10.7. The maximum atomic E-state index is 12.1. The molecule has 0 amide bonds. The lowest BCUT2D eigenvalue weighted by atomic mass is 10.1. The Morgan fingerprint density at radius 3 is 2.59 bits per heavy atom. The molecule has 0 aliphatic carbocycles. The lowest BCUT2D eigenvalue weighted by molar-refractivity contribution is 0.0730. The smallest absolute Gasteiger partial charge is 0.351 e. The van der Waals surface area contributed by atoms with Crippen LogP contribution in [0.5, 0.6) is 5.75 Å². The molecule has 0 aliphatic heterocycles. The molecule has 110 valence electrons. The monoisotopic (exact) mass is 295 g/mol. The van der Waals surface area contributed by atoms with Gasteiger partial charge in [-0.3, -0.25) is 0 Å². The maximum absolute atomic E-state index is 12.1. The highest BCUT2D eigenvalue weighted by Crippen LogP contribution is 2.17. The van der Waals surface area contributed by atoms with E-state index in [1.165, 1.54) is 6.07 Å². The van der Waals surface area contributed by atoms with Crippen LogP contribution in [0.4, 0.5) is 0 Å². The van der Waals surface area contributed by atoms with Crippen molar-refractivity contribution in [2.75, 3.05) is 0 Å². The molecule has 0 fully saturated rings. The summed E-state index contributed by atoms with van der Waals surface area (Å²) < 4.78 is 10.3. The molecule has 2 N–H and O–H groups in total. The van der Waals surface area contributed by atoms with Gasteiger partial charge in [-0.05, 0) is 35.9 Å². The minimum atomic E-state index is -0.750. The number of benzene rings is 2. The largest absolute Gasteiger partial charge is 0.423 e. The van der Waals surface area contributed by atoms with E-state index in [0.29, 0.717) is 23.3 Å².